The molecule has 8 heteroatoms. The van der Waals surface area contributed by atoms with Crippen LogP contribution in [0.3, 0.4) is 0 Å². The van der Waals surface area contributed by atoms with Gasteiger partial charge in [-0.3, -0.25) is 5.01 Å². The molecular weight excluding hydrogens is 458 g/mol. The molecule has 6 rings (SSSR count). The van der Waals surface area contributed by atoms with Crippen molar-refractivity contribution in [1.82, 2.24) is 20.0 Å². The summed E-state index contributed by atoms with van der Waals surface area (Å²) in [6.45, 7) is 0.476. The Bertz CT molecular complexity index is 1330. The van der Waals surface area contributed by atoms with Gasteiger partial charge in [0.15, 0.2) is 0 Å². The van der Waals surface area contributed by atoms with Crippen molar-refractivity contribution >= 4 is 17.9 Å². The number of nitrogens with one attached hydrogen (secondary N) is 1. The normalized spacial score (nSPS) is 19.8. The van der Waals surface area contributed by atoms with Gasteiger partial charge in [-0.15, -0.1) is 0 Å². The van der Waals surface area contributed by atoms with Crippen molar-refractivity contribution in [3.8, 4) is 0 Å². The van der Waals surface area contributed by atoms with E-state index in [1.165, 1.54) is 37.1 Å². The summed E-state index contributed by atoms with van der Waals surface area (Å²) in [6.07, 6.45) is 12.0. The molecule has 0 saturated heterocycles. The molecule has 0 bridgehead atoms. The van der Waals surface area contributed by atoms with Gasteiger partial charge in [0.25, 0.3) is 0 Å². The molecule has 2 aromatic carbocycles. The third-order valence-electron chi connectivity index (χ3n) is 6.98. The zero-order chi connectivity index (χ0) is 24.5. The van der Waals surface area contributed by atoms with Gasteiger partial charge in [0.2, 0.25) is 5.95 Å². The van der Waals surface area contributed by atoms with Gasteiger partial charge in [-0.1, -0.05) is 37.1 Å². The summed E-state index contributed by atoms with van der Waals surface area (Å²) in [4.78, 5) is 13.7. The average molecular weight is 485 g/mol. The SMILES string of the molecule is Fc1ccc(CNc2nccc(C3=C4C=CN=CN4N(C4CCCC4)C3c3ccc(F)cc3)n2)cc1. The van der Waals surface area contributed by atoms with E-state index < -0.39 is 0 Å². The van der Waals surface area contributed by atoms with Crippen molar-refractivity contribution < 1.29 is 8.78 Å². The number of allylic oxidation sites excluding steroid dienone is 1. The Balaban J connectivity index is 1.39. The van der Waals surface area contributed by atoms with E-state index in [-0.39, 0.29) is 17.7 Å². The topological polar surface area (TPSA) is 56.7 Å². The first kappa shape index (κ1) is 22.5. The minimum absolute atomic E-state index is 0.141. The maximum absolute atomic E-state index is 13.9. The van der Waals surface area contributed by atoms with Gasteiger partial charge in [-0.05, 0) is 60.4 Å². The summed E-state index contributed by atoms with van der Waals surface area (Å²) in [7, 11) is 0. The standard InChI is InChI=1S/C28H26F2N6/c29-21-9-5-19(6-10-21)17-33-28-32-16-13-24(34-28)26-25-14-15-31-18-35(25)36(23-3-1-2-4-23)27(26)20-7-11-22(30)12-8-20/h5-16,18,23,27H,1-4,17H2,(H,32,33,34). The second-order valence-corrected chi connectivity index (χ2v) is 9.24. The first-order valence-corrected chi connectivity index (χ1v) is 12.3. The monoisotopic (exact) mass is 484 g/mol. The Morgan fingerprint density at radius 3 is 2.39 bits per heavy atom. The smallest absolute Gasteiger partial charge is 0.223 e. The Labute approximate surface area is 208 Å². The molecule has 1 atom stereocenters. The molecule has 1 fully saturated rings. The van der Waals surface area contributed by atoms with Crippen molar-refractivity contribution in [2.75, 3.05) is 5.32 Å². The number of aliphatic imine (C=N–C) groups is 1. The van der Waals surface area contributed by atoms with Crippen LogP contribution < -0.4 is 5.32 Å². The number of rotatable bonds is 6. The molecule has 0 spiro atoms. The molecule has 3 aromatic rings. The van der Waals surface area contributed by atoms with Crippen LogP contribution in [0.25, 0.3) is 5.57 Å². The Morgan fingerprint density at radius 2 is 1.64 bits per heavy atom. The van der Waals surface area contributed by atoms with Crippen LogP contribution in [0.15, 0.2) is 83.8 Å². The van der Waals surface area contributed by atoms with Gasteiger partial charge >= 0.3 is 0 Å². The molecule has 182 valence electrons. The first-order chi connectivity index (χ1) is 17.7. The number of anilines is 1. The number of fused-ring (bicyclic) bond motifs is 1. The lowest BCUT2D eigenvalue weighted by molar-refractivity contribution is 0.0293. The fraction of sp³-hybridized carbons (Fsp3) is 0.250. The molecular formula is C28H26F2N6. The fourth-order valence-electron chi connectivity index (χ4n) is 5.32. The third-order valence-corrected chi connectivity index (χ3v) is 6.98. The van der Waals surface area contributed by atoms with Gasteiger partial charge < -0.3 is 5.32 Å². The fourth-order valence-corrected chi connectivity index (χ4v) is 5.32. The first-order valence-electron chi connectivity index (χ1n) is 12.3. The Hall–Kier alpha value is -3.91. The zero-order valence-corrected chi connectivity index (χ0v) is 19.7. The largest absolute Gasteiger partial charge is 0.350 e. The highest BCUT2D eigenvalue weighted by molar-refractivity contribution is 5.81. The number of aromatic nitrogens is 2. The van der Waals surface area contributed by atoms with E-state index in [0.29, 0.717) is 18.5 Å². The minimum Gasteiger partial charge on any atom is -0.350 e. The van der Waals surface area contributed by atoms with Crippen molar-refractivity contribution in [3.05, 3.63) is 107 Å². The molecule has 1 unspecified atom stereocenters. The molecule has 1 aromatic heterocycles. The minimum atomic E-state index is -0.265. The molecule has 1 aliphatic carbocycles. The second kappa shape index (κ2) is 9.62. The molecule has 1 saturated carbocycles. The predicted octanol–water partition coefficient (Wildman–Crippen LogP) is 5.85. The summed E-state index contributed by atoms with van der Waals surface area (Å²) in [6, 6.07) is 15.2. The second-order valence-electron chi connectivity index (χ2n) is 9.24. The van der Waals surface area contributed by atoms with Gasteiger partial charge in [-0.25, -0.2) is 28.8 Å². The Kier molecular flexibility index (Phi) is 6.03. The lowest BCUT2D eigenvalue weighted by Crippen LogP contribution is -2.44. The van der Waals surface area contributed by atoms with E-state index in [9.17, 15) is 8.78 Å². The van der Waals surface area contributed by atoms with E-state index in [1.54, 1.807) is 24.5 Å². The van der Waals surface area contributed by atoms with Crippen LogP contribution in [0.4, 0.5) is 14.7 Å². The number of hydrogen-bond acceptors (Lipinski definition) is 6. The maximum atomic E-state index is 13.9. The lowest BCUT2D eigenvalue weighted by Gasteiger charge is -2.38. The van der Waals surface area contributed by atoms with Gasteiger partial charge in [0.1, 0.15) is 18.0 Å². The van der Waals surface area contributed by atoms with Gasteiger partial charge in [0.05, 0.1) is 17.4 Å². The quantitative estimate of drug-likeness (QED) is 0.476. The number of nitrogens with zero attached hydrogens (tertiary/aromatic N) is 5. The van der Waals surface area contributed by atoms with Crippen LogP contribution in [-0.2, 0) is 6.54 Å². The number of benzene rings is 2. The molecule has 36 heavy (non-hydrogen) atoms. The average Bonchev–Trinajstić information content (AvgIpc) is 3.55. The van der Waals surface area contributed by atoms with E-state index in [4.69, 9.17) is 4.98 Å². The van der Waals surface area contributed by atoms with Gasteiger partial charge in [0, 0.05) is 30.6 Å². The molecule has 3 aliphatic rings. The predicted molar refractivity (Wildman–Crippen MR) is 135 cm³/mol. The van der Waals surface area contributed by atoms with Crippen LogP contribution >= 0.6 is 0 Å². The van der Waals surface area contributed by atoms with Crippen LogP contribution in [0, 0.1) is 11.6 Å². The number of hydrogen-bond donors (Lipinski definition) is 1. The molecule has 0 radical (unpaired) electrons. The Morgan fingerprint density at radius 1 is 0.917 bits per heavy atom. The van der Waals surface area contributed by atoms with Gasteiger partial charge in [-0.2, -0.15) is 0 Å². The van der Waals surface area contributed by atoms with Crippen molar-refractivity contribution in [2.45, 2.75) is 44.3 Å². The van der Waals surface area contributed by atoms with E-state index in [2.05, 4.69) is 25.3 Å². The molecule has 1 N–H and O–H groups in total. The highest BCUT2D eigenvalue weighted by Crippen LogP contribution is 2.48. The summed E-state index contributed by atoms with van der Waals surface area (Å²) in [5.41, 5.74) is 4.77. The van der Waals surface area contributed by atoms with Crippen molar-refractivity contribution in [2.24, 2.45) is 4.99 Å². The van der Waals surface area contributed by atoms with Crippen LogP contribution in [-0.4, -0.2) is 32.4 Å². The van der Waals surface area contributed by atoms with Crippen LogP contribution in [0.1, 0.15) is 48.5 Å². The summed E-state index contributed by atoms with van der Waals surface area (Å²) in [5, 5.41) is 7.77. The number of halogens is 2. The zero-order valence-electron chi connectivity index (χ0n) is 19.7. The third kappa shape index (κ3) is 4.28. The molecule has 0 amide bonds. The molecule has 3 heterocycles. The van der Waals surface area contributed by atoms with E-state index >= 15 is 0 Å². The molecule has 6 nitrogen and oxygen atoms in total. The van der Waals surface area contributed by atoms with Crippen molar-refractivity contribution in [1.29, 1.82) is 0 Å². The van der Waals surface area contributed by atoms with E-state index in [0.717, 1.165) is 40.9 Å². The summed E-state index contributed by atoms with van der Waals surface area (Å²) >= 11 is 0. The summed E-state index contributed by atoms with van der Waals surface area (Å²) in [5.74, 6) is -0.0343. The molecule has 2 aliphatic heterocycles. The number of hydrazine groups is 1. The highest BCUT2D eigenvalue weighted by atomic mass is 19.1. The van der Waals surface area contributed by atoms with E-state index in [1.807, 2.05) is 30.6 Å². The summed E-state index contributed by atoms with van der Waals surface area (Å²) < 4.78 is 27.1. The maximum Gasteiger partial charge on any atom is 0.223 e. The highest BCUT2D eigenvalue weighted by Gasteiger charge is 2.44. The lowest BCUT2D eigenvalue weighted by atomic mass is 9.94. The van der Waals surface area contributed by atoms with Crippen LogP contribution in [0.2, 0.25) is 0 Å². The van der Waals surface area contributed by atoms with Crippen LogP contribution in [0.5, 0.6) is 0 Å². The van der Waals surface area contributed by atoms with Crippen molar-refractivity contribution in [3.63, 3.8) is 0 Å².